The third kappa shape index (κ3) is 1.75. The maximum Gasteiger partial charge on any atom is 0.165 e. The summed E-state index contributed by atoms with van der Waals surface area (Å²) in [6.07, 6.45) is 2.98. The molecule has 0 saturated carbocycles. The highest BCUT2D eigenvalue weighted by Gasteiger charge is 2.00. The molecule has 1 aromatic rings. The summed E-state index contributed by atoms with van der Waals surface area (Å²) >= 11 is 0. The third-order valence-corrected chi connectivity index (χ3v) is 1.46. The molecule has 0 atom stereocenters. The highest BCUT2D eigenvalue weighted by atomic mass is 19.1. The lowest BCUT2D eigenvalue weighted by Gasteiger charge is -2.01. The molecular weight excluding hydrogens is 157 g/mol. The number of nitrogens with two attached hydrogens (primary N) is 1. The Morgan fingerprint density at radius 2 is 2.25 bits per heavy atom. The maximum absolute atomic E-state index is 13.0. The van der Waals surface area contributed by atoms with Gasteiger partial charge in [0.1, 0.15) is 0 Å². The van der Waals surface area contributed by atoms with Gasteiger partial charge in [0.15, 0.2) is 11.6 Å². The van der Waals surface area contributed by atoms with Crippen LogP contribution in [0.2, 0.25) is 0 Å². The van der Waals surface area contributed by atoms with Gasteiger partial charge in [-0.25, -0.2) is 4.39 Å². The van der Waals surface area contributed by atoms with Gasteiger partial charge in [0.25, 0.3) is 0 Å². The van der Waals surface area contributed by atoms with Gasteiger partial charge in [-0.15, -0.1) is 0 Å². The van der Waals surface area contributed by atoms with Crippen LogP contribution in [0.15, 0.2) is 24.4 Å². The Hall–Kier alpha value is -1.51. The summed E-state index contributed by atoms with van der Waals surface area (Å²) in [6, 6.07) is 4.65. The largest absolute Gasteiger partial charge is 0.494 e. The first-order chi connectivity index (χ1) is 5.77. The molecule has 0 aliphatic heterocycles. The van der Waals surface area contributed by atoms with Crippen LogP contribution >= 0.6 is 0 Å². The summed E-state index contributed by atoms with van der Waals surface area (Å²) in [5.41, 5.74) is 5.87. The fraction of sp³-hybridized carbons (Fsp3) is 0.111. The number of methoxy groups -OCH3 is 1. The first-order valence-electron chi connectivity index (χ1n) is 3.49. The first-order valence-corrected chi connectivity index (χ1v) is 3.49. The number of rotatable bonds is 2. The lowest BCUT2D eigenvalue weighted by molar-refractivity contribution is 0.386. The molecule has 1 rings (SSSR count). The molecule has 2 nitrogen and oxygen atoms in total. The smallest absolute Gasteiger partial charge is 0.165 e. The second-order valence-electron chi connectivity index (χ2n) is 2.25. The fourth-order valence-electron chi connectivity index (χ4n) is 0.897. The molecule has 0 radical (unpaired) electrons. The maximum atomic E-state index is 13.0. The summed E-state index contributed by atoms with van der Waals surface area (Å²) in [7, 11) is 1.43. The molecule has 0 unspecified atom stereocenters. The predicted octanol–water partition coefficient (Wildman–Crippen LogP) is 1.76. The van der Waals surface area contributed by atoms with Gasteiger partial charge in [-0.2, -0.15) is 0 Å². The Morgan fingerprint density at radius 3 is 2.75 bits per heavy atom. The summed E-state index contributed by atoms with van der Waals surface area (Å²) in [5.74, 6) is -0.141. The van der Waals surface area contributed by atoms with E-state index in [9.17, 15) is 4.39 Å². The Bertz CT molecular complexity index is 297. The Kier molecular flexibility index (Phi) is 2.69. The van der Waals surface area contributed by atoms with E-state index in [-0.39, 0.29) is 11.6 Å². The molecule has 0 spiro atoms. The van der Waals surface area contributed by atoms with Crippen LogP contribution in [0.1, 0.15) is 5.56 Å². The highest BCUT2D eigenvalue weighted by Crippen LogP contribution is 2.17. The number of halogens is 1. The number of hydrogen-bond acceptors (Lipinski definition) is 2. The van der Waals surface area contributed by atoms with E-state index in [1.165, 1.54) is 19.4 Å². The summed E-state index contributed by atoms with van der Waals surface area (Å²) < 4.78 is 17.7. The van der Waals surface area contributed by atoms with Crippen molar-refractivity contribution in [3.63, 3.8) is 0 Å². The fourth-order valence-corrected chi connectivity index (χ4v) is 0.897. The minimum Gasteiger partial charge on any atom is -0.494 e. The number of hydrogen-bond donors (Lipinski definition) is 1. The van der Waals surface area contributed by atoms with Gasteiger partial charge in [-0.05, 0) is 30.0 Å². The van der Waals surface area contributed by atoms with Crippen LogP contribution in [0.25, 0.3) is 6.08 Å². The van der Waals surface area contributed by atoms with Gasteiger partial charge >= 0.3 is 0 Å². The summed E-state index contributed by atoms with van der Waals surface area (Å²) in [6.45, 7) is 0. The average Bonchev–Trinajstić information content (AvgIpc) is 2.05. The summed E-state index contributed by atoms with van der Waals surface area (Å²) in [5, 5.41) is 0. The Morgan fingerprint density at radius 1 is 1.50 bits per heavy atom. The van der Waals surface area contributed by atoms with Crippen LogP contribution in [-0.2, 0) is 0 Å². The summed E-state index contributed by atoms with van der Waals surface area (Å²) in [4.78, 5) is 0. The zero-order valence-corrected chi connectivity index (χ0v) is 6.75. The van der Waals surface area contributed by atoms with Gasteiger partial charge in [0.2, 0.25) is 0 Å². The van der Waals surface area contributed by atoms with Gasteiger partial charge in [-0.3, -0.25) is 0 Å². The van der Waals surface area contributed by atoms with E-state index in [1.54, 1.807) is 18.2 Å². The van der Waals surface area contributed by atoms with E-state index in [4.69, 9.17) is 10.5 Å². The van der Waals surface area contributed by atoms with Gasteiger partial charge in [0, 0.05) is 0 Å². The number of benzene rings is 1. The van der Waals surface area contributed by atoms with E-state index >= 15 is 0 Å². The third-order valence-electron chi connectivity index (χ3n) is 1.46. The molecule has 1 aromatic carbocycles. The Balaban J connectivity index is 3.01. The molecule has 3 heteroatoms. The van der Waals surface area contributed by atoms with Crippen molar-refractivity contribution in [2.75, 3.05) is 7.11 Å². The standard InChI is InChI=1S/C9H10FNO/c1-12-9-3-2-7(4-5-11)6-8(9)10/h2-6H,11H2,1H3/b5-4+. The van der Waals surface area contributed by atoms with Crippen LogP contribution in [0.3, 0.4) is 0 Å². The molecule has 0 aliphatic carbocycles. The first kappa shape index (κ1) is 8.59. The molecule has 0 aliphatic rings. The van der Waals surface area contributed by atoms with Crippen molar-refractivity contribution < 1.29 is 9.13 Å². The zero-order chi connectivity index (χ0) is 8.97. The monoisotopic (exact) mass is 167 g/mol. The predicted molar refractivity (Wildman–Crippen MR) is 46.2 cm³/mol. The zero-order valence-electron chi connectivity index (χ0n) is 6.75. The normalized spacial score (nSPS) is 10.5. The molecule has 2 N–H and O–H groups in total. The van der Waals surface area contributed by atoms with Crippen LogP contribution in [0.4, 0.5) is 4.39 Å². The Labute approximate surface area is 70.5 Å². The molecule has 0 bridgehead atoms. The van der Waals surface area contributed by atoms with Crippen molar-refractivity contribution in [3.8, 4) is 5.75 Å². The van der Waals surface area contributed by atoms with Crippen LogP contribution in [0.5, 0.6) is 5.75 Å². The topological polar surface area (TPSA) is 35.2 Å². The SMILES string of the molecule is COc1ccc(/C=C/N)cc1F. The second kappa shape index (κ2) is 3.76. The van der Waals surface area contributed by atoms with E-state index in [1.807, 2.05) is 0 Å². The minimum absolute atomic E-state index is 0.240. The quantitative estimate of drug-likeness (QED) is 0.728. The van der Waals surface area contributed by atoms with Crippen molar-refractivity contribution in [3.05, 3.63) is 35.8 Å². The molecule has 64 valence electrons. The van der Waals surface area contributed by atoms with Gasteiger partial charge in [-0.1, -0.05) is 6.07 Å². The molecular formula is C9H10FNO. The van der Waals surface area contributed by atoms with E-state index < -0.39 is 0 Å². The van der Waals surface area contributed by atoms with Crippen molar-refractivity contribution >= 4 is 6.08 Å². The minimum atomic E-state index is -0.381. The van der Waals surface area contributed by atoms with Crippen molar-refractivity contribution in [1.82, 2.24) is 0 Å². The van der Waals surface area contributed by atoms with Gasteiger partial charge < -0.3 is 10.5 Å². The van der Waals surface area contributed by atoms with Gasteiger partial charge in [0.05, 0.1) is 7.11 Å². The number of ether oxygens (including phenoxy) is 1. The lowest BCUT2D eigenvalue weighted by Crippen LogP contribution is -1.88. The van der Waals surface area contributed by atoms with E-state index in [2.05, 4.69) is 0 Å². The average molecular weight is 167 g/mol. The highest BCUT2D eigenvalue weighted by molar-refractivity contribution is 5.50. The van der Waals surface area contributed by atoms with E-state index in [0.717, 1.165) is 5.56 Å². The molecule has 0 amide bonds. The second-order valence-corrected chi connectivity index (χ2v) is 2.25. The van der Waals surface area contributed by atoms with Crippen molar-refractivity contribution in [2.45, 2.75) is 0 Å². The molecule has 0 aromatic heterocycles. The van der Waals surface area contributed by atoms with Crippen molar-refractivity contribution in [2.24, 2.45) is 5.73 Å². The van der Waals surface area contributed by atoms with Crippen LogP contribution in [-0.4, -0.2) is 7.11 Å². The lowest BCUT2D eigenvalue weighted by atomic mass is 10.2. The van der Waals surface area contributed by atoms with Crippen LogP contribution < -0.4 is 10.5 Å². The van der Waals surface area contributed by atoms with Crippen molar-refractivity contribution in [1.29, 1.82) is 0 Å². The van der Waals surface area contributed by atoms with E-state index in [0.29, 0.717) is 0 Å². The molecule has 0 heterocycles. The molecule has 12 heavy (non-hydrogen) atoms. The molecule has 0 fully saturated rings. The molecule has 0 saturated heterocycles. The van der Waals surface area contributed by atoms with Crippen LogP contribution in [0, 0.1) is 5.82 Å².